The average Bonchev–Trinajstić information content (AvgIpc) is 2.84. The monoisotopic (exact) mass is 277 g/mol. The largest absolute Gasteiger partial charge is 0.469 e. The highest BCUT2D eigenvalue weighted by atomic mass is 16.3. The van der Waals surface area contributed by atoms with E-state index in [2.05, 4.69) is 4.98 Å². The molecular formula is C18H15NO2. The molecule has 3 aromatic rings. The predicted molar refractivity (Wildman–Crippen MR) is 83.3 cm³/mol. The van der Waals surface area contributed by atoms with Crippen molar-refractivity contribution in [2.75, 3.05) is 0 Å². The van der Waals surface area contributed by atoms with E-state index in [-0.39, 0.29) is 5.78 Å². The number of aryl methyl sites for hydroxylation is 2. The molecule has 0 aliphatic rings. The average molecular weight is 277 g/mol. The minimum absolute atomic E-state index is 0.0370. The van der Waals surface area contributed by atoms with Gasteiger partial charge in [0.25, 0.3) is 0 Å². The van der Waals surface area contributed by atoms with Gasteiger partial charge < -0.3 is 4.42 Å². The summed E-state index contributed by atoms with van der Waals surface area (Å²) in [6.07, 6.45) is 6.78. The summed E-state index contributed by atoms with van der Waals surface area (Å²) in [6.45, 7) is 3.68. The zero-order valence-corrected chi connectivity index (χ0v) is 12.0. The van der Waals surface area contributed by atoms with Crippen LogP contribution in [0.2, 0.25) is 0 Å². The Labute approximate surface area is 122 Å². The molecule has 3 rings (SSSR count). The second-order valence-corrected chi connectivity index (χ2v) is 5.00. The number of allylic oxidation sites excluding steroid dienone is 1. The summed E-state index contributed by atoms with van der Waals surface area (Å²) in [5.41, 5.74) is 3.43. The molecule has 0 saturated heterocycles. The van der Waals surface area contributed by atoms with Gasteiger partial charge in [-0.3, -0.25) is 9.78 Å². The molecule has 0 atom stereocenters. The number of fused-ring (bicyclic) bond motifs is 1. The van der Waals surface area contributed by atoms with E-state index >= 15 is 0 Å². The van der Waals surface area contributed by atoms with Crippen molar-refractivity contribution in [3.8, 4) is 0 Å². The maximum absolute atomic E-state index is 12.2. The number of carbonyl (C=O) groups excluding carboxylic acids is 1. The maximum Gasteiger partial charge on any atom is 0.189 e. The minimum atomic E-state index is -0.0370. The van der Waals surface area contributed by atoms with Crippen molar-refractivity contribution >= 4 is 22.8 Å². The number of pyridine rings is 1. The van der Waals surface area contributed by atoms with Gasteiger partial charge in [0.1, 0.15) is 5.76 Å². The van der Waals surface area contributed by atoms with E-state index in [1.807, 2.05) is 43.3 Å². The number of rotatable bonds is 3. The van der Waals surface area contributed by atoms with Crippen molar-refractivity contribution in [3.63, 3.8) is 0 Å². The van der Waals surface area contributed by atoms with Crippen LogP contribution in [0.4, 0.5) is 0 Å². The van der Waals surface area contributed by atoms with Crippen LogP contribution in [0.15, 0.2) is 53.3 Å². The normalized spacial score (nSPS) is 11.3. The molecule has 0 unspecified atom stereocenters. The molecule has 0 aliphatic carbocycles. The van der Waals surface area contributed by atoms with Crippen LogP contribution in [0.1, 0.15) is 27.2 Å². The second-order valence-electron chi connectivity index (χ2n) is 5.00. The minimum Gasteiger partial charge on any atom is -0.469 e. The third kappa shape index (κ3) is 2.63. The highest BCUT2D eigenvalue weighted by Gasteiger charge is 2.12. The van der Waals surface area contributed by atoms with E-state index in [9.17, 15) is 4.79 Å². The summed E-state index contributed by atoms with van der Waals surface area (Å²) in [6, 6.07) is 9.83. The number of carbonyl (C=O) groups is 1. The topological polar surface area (TPSA) is 43.1 Å². The molecule has 2 heterocycles. The van der Waals surface area contributed by atoms with E-state index in [4.69, 9.17) is 4.42 Å². The third-order valence-electron chi connectivity index (χ3n) is 3.46. The molecule has 3 nitrogen and oxygen atoms in total. The number of ketones is 1. The highest BCUT2D eigenvalue weighted by molar-refractivity contribution is 6.08. The number of furan rings is 1. The summed E-state index contributed by atoms with van der Waals surface area (Å²) in [5, 5.41) is 1.06. The lowest BCUT2D eigenvalue weighted by Gasteiger charge is -1.99. The first-order valence-corrected chi connectivity index (χ1v) is 6.77. The van der Waals surface area contributed by atoms with Gasteiger partial charge in [0.15, 0.2) is 5.78 Å². The van der Waals surface area contributed by atoms with Crippen molar-refractivity contribution in [1.82, 2.24) is 4.98 Å². The smallest absolute Gasteiger partial charge is 0.189 e. The predicted octanol–water partition coefficient (Wildman–Crippen LogP) is 4.34. The molecular weight excluding hydrogens is 262 g/mol. The van der Waals surface area contributed by atoms with Gasteiger partial charge in [-0.15, -0.1) is 0 Å². The van der Waals surface area contributed by atoms with Crippen LogP contribution >= 0.6 is 0 Å². The highest BCUT2D eigenvalue weighted by Crippen LogP contribution is 2.18. The first kappa shape index (κ1) is 13.3. The molecule has 21 heavy (non-hydrogen) atoms. The molecule has 3 heteroatoms. The molecule has 0 fully saturated rings. The van der Waals surface area contributed by atoms with Crippen LogP contribution in [0.5, 0.6) is 0 Å². The molecule has 0 aliphatic heterocycles. The number of hydrogen-bond donors (Lipinski definition) is 0. The van der Waals surface area contributed by atoms with Crippen LogP contribution in [0.25, 0.3) is 17.0 Å². The Kier molecular flexibility index (Phi) is 3.40. The number of aromatic nitrogens is 1. The Morgan fingerprint density at radius 3 is 2.86 bits per heavy atom. The van der Waals surface area contributed by atoms with Gasteiger partial charge in [0.2, 0.25) is 0 Å². The van der Waals surface area contributed by atoms with E-state index in [1.165, 1.54) is 0 Å². The van der Waals surface area contributed by atoms with Gasteiger partial charge in [-0.2, -0.15) is 0 Å². The van der Waals surface area contributed by atoms with E-state index in [1.54, 1.807) is 25.5 Å². The van der Waals surface area contributed by atoms with Gasteiger partial charge in [0, 0.05) is 11.6 Å². The summed E-state index contributed by atoms with van der Waals surface area (Å²) in [4.78, 5) is 16.5. The first-order chi connectivity index (χ1) is 10.1. The standard InChI is InChI=1S/C18H15NO2/c1-12-11-21-13(2)18(12)17(20)8-6-14-5-7-16-15(10-14)4-3-9-19-16/h3-11H,1-2H3/b8-6+. The van der Waals surface area contributed by atoms with Crippen LogP contribution in [-0.4, -0.2) is 10.8 Å². The summed E-state index contributed by atoms with van der Waals surface area (Å²) >= 11 is 0. The Bertz CT molecular complexity index is 824. The SMILES string of the molecule is Cc1coc(C)c1C(=O)/C=C/c1ccc2ncccc2c1. The van der Waals surface area contributed by atoms with Crippen molar-refractivity contribution in [1.29, 1.82) is 0 Å². The van der Waals surface area contributed by atoms with Crippen LogP contribution in [-0.2, 0) is 0 Å². The zero-order chi connectivity index (χ0) is 14.8. The second kappa shape index (κ2) is 5.37. The molecule has 1 aromatic carbocycles. The van der Waals surface area contributed by atoms with Gasteiger partial charge in [0.05, 0.1) is 17.3 Å². The lowest BCUT2D eigenvalue weighted by molar-refractivity contribution is 0.104. The number of hydrogen-bond acceptors (Lipinski definition) is 3. The van der Waals surface area contributed by atoms with Crippen molar-refractivity contribution in [2.24, 2.45) is 0 Å². The molecule has 0 spiro atoms. The van der Waals surface area contributed by atoms with Crippen LogP contribution < -0.4 is 0 Å². The Morgan fingerprint density at radius 1 is 1.24 bits per heavy atom. The van der Waals surface area contributed by atoms with Crippen molar-refractivity contribution in [2.45, 2.75) is 13.8 Å². The van der Waals surface area contributed by atoms with Crippen LogP contribution in [0.3, 0.4) is 0 Å². The van der Waals surface area contributed by atoms with Gasteiger partial charge in [-0.05, 0) is 49.2 Å². The van der Waals surface area contributed by atoms with Gasteiger partial charge >= 0.3 is 0 Å². The van der Waals surface area contributed by atoms with E-state index in [0.29, 0.717) is 11.3 Å². The van der Waals surface area contributed by atoms with Crippen molar-refractivity contribution in [3.05, 3.63) is 71.3 Å². The Morgan fingerprint density at radius 2 is 2.10 bits per heavy atom. The van der Waals surface area contributed by atoms with Crippen LogP contribution in [0, 0.1) is 13.8 Å². The summed E-state index contributed by atoms with van der Waals surface area (Å²) in [7, 11) is 0. The number of nitrogens with zero attached hydrogens (tertiary/aromatic N) is 1. The van der Waals surface area contributed by atoms with Crippen molar-refractivity contribution < 1.29 is 9.21 Å². The molecule has 0 bridgehead atoms. The van der Waals surface area contributed by atoms with E-state index < -0.39 is 0 Å². The molecule has 0 N–H and O–H groups in total. The molecule has 104 valence electrons. The molecule has 0 saturated carbocycles. The fourth-order valence-electron chi connectivity index (χ4n) is 2.39. The Balaban J connectivity index is 1.89. The van der Waals surface area contributed by atoms with Gasteiger partial charge in [-0.1, -0.05) is 18.2 Å². The summed E-state index contributed by atoms with van der Waals surface area (Å²) in [5.74, 6) is 0.620. The number of benzene rings is 1. The fourth-order valence-corrected chi connectivity index (χ4v) is 2.39. The molecule has 0 radical (unpaired) electrons. The quantitative estimate of drug-likeness (QED) is 0.528. The lowest BCUT2D eigenvalue weighted by Crippen LogP contribution is -1.96. The molecule has 0 amide bonds. The first-order valence-electron chi connectivity index (χ1n) is 6.77. The fraction of sp³-hybridized carbons (Fsp3) is 0.111. The molecule has 2 aromatic heterocycles. The van der Waals surface area contributed by atoms with E-state index in [0.717, 1.165) is 22.0 Å². The lowest BCUT2D eigenvalue weighted by atomic mass is 10.1. The maximum atomic E-state index is 12.2. The Hall–Kier alpha value is -2.68. The zero-order valence-electron chi connectivity index (χ0n) is 12.0. The third-order valence-corrected chi connectivity index (χ3v) is 3.46. The summed E-state index contributed by atoms with van der Waals surface area (Å²) < 4.78 is 5.26. The van der Waals surface area contributed by atoms with Gasteiger partial charge in [-0.25, -0.2) is 0 Å².